The van der Waals surface area contributed by atoms with Crippen molar-refractivity contribution in [3.05, 3.63) is 89.5 Å². The number of rotatable bonds is 5. The van der Waals surface area contributed by atoms with Gasteiger partial charge in [-0.1, -0.05) is 54.6 Å². The number of hydrogen-bond donors (Lipinski definition) is 1. The van der Waals surface area contributed by atoms with Crippen molar-refractivity contribution in [2.45, 2.75) is 25.7 Å². The minimum atomic E-state index is -0.167. The molecule has 37 heavy (non-hydrogen) atoms. The number of aryl methyl sites for hydroxylation is 1. The standard InChI is InChI=1S/C31H36N4OS/c1-33-19-21-34(22-20-33)18-16-24-10-12-25(13-11-24)28-15-14-26-7-5-6-17-35(29(26)23-28)31(37)32-30(36)27-8-3-2-4-9-27/h2-4,8-15,23H,5-7,16-22H2,1H3,(H,32,36,37). The van der Waals surface area contributed by atoms with Gasteiger partial charge in [-0.15, -0.1) is 0 Å². The smallest absolute Gasteiger partial charge is 0.257 e. The van der Waals surface area contributed by atoms with Crippen molar-refractivity contribution < 1.29 is 4.79 Å². The summed E-state index contributed by atoms with van der Waals surface area (Å²) in [5, 5.41) is 3.42. The molecule has 0 bridgehead atoms. The first kappa shape index (κ1) is 25.6. The number of carbonyl (C=O) groups excluding carboxylic acids is 1. The first-order valence-corrected chi connectivity index (χ1v) is 13.8. The molecule has 0 atom stereocenters. The summed E-state index contributed by atoms with van der Waals surface area (Å²) < 4.78 is 0. The predicted octanol–water partition coefficient (Wildman–Crippen LogP) is 5.00. The maximum absolute atomic E-state index is 12.8. The maximum atomic E-state index is 12.8. The molecule has 5 rings (SSSR count). The van der Waals surface area contributed by atoms with Gasteiger partial charge < -0.3 is 14.7 Å². The van der Waals surface area contributed by atoms with Crippen LogP contribution in [0.25, 0.3) is 11.1 Å². The van der Waals surface area contributed by atoms with Crippen LogP contribution < -0.4 is 10.2 Å². The number of nitrogens with zero attached hydrogens (tertiary/aromatic N) is 3. The highest BCUT2D eigenvalue weighted by molar-refractivity contribution is 7.80. The Bertz CT molecular complexity index is 1220. The van der Waals surface area contributed by atoms with Gasteiger partial charge >= 0.3 is 0 Å². The fraction of sp³-hybridized carbons (Fsp3) is 0.355. The first-order valence-electron chi connectivity index (χ1n) is 13.4. The van der Waals surface area contributed by atoms with Crippen molar-refractivity contribution in [1.82, 2.24) is 15.1 Å². The number of hydrogen-bond acceptors (Lipinski definition) is 4. The molecule has 0 unspecified atom stereocenters. The Morgan fingerprint density at radius 1 is 0.865 bits per heavy atom. The average Bonchev–Trinajstić information content (AvgIpc) is 3.15. The van der Waals surface area contributed by atoms with E-state index in [1.54, 1.807) is 12.1 Å². The Labute approximate surface area is 226 Å². The summed E-state index contributed by atoms with van der Waals surface area (Å²) in [5.74, 6) is -0.167. The summed E-state index contributed by atoms with van der Waals surface area (Å²) in [6.07, 6.45) is 4.25. The van der Waals surface area contributed by atoms with Crippen LogP contribution in [-0.4, -0.2) is 67.1 Å². The van der Waals surface area contributed by atoms with E-state index in [1.807, 2.05) is 18.2 Å². The van der Waals surface area contributed by atoms with Crippen LogP contribution in [0, 0.1) is 0 Å². The second kappa shape index (κ2) is 12.0. The van der Waals surface area contributed by atoms with E-state index >= 15 is 0 Å². The van der Waals surface area contributed by atoms with Crippen LogP contribution in [-0.2, 0) is 12.8 Å². The van der Waals surface area contributed by atoms with Crippen LogP contribution in [0.2, 0.25) is 0 Å². The average molecular weight is 513 g/mol. The summed E-state index contributed by atoms with van der Waals surface area (Å²) >= 11 is 5.74. The molecule has 0 spiro atoms. The lowest BCUT2D eigenvalue weighted by molar-refractivity contribution is 0.0977. The molecule has 2 aliphatic rings. The molecule has 1 saturated heterocycles. The van der Waals surface area contributed by atoms with Gasteiger partial charge in [0.1, 0.15) is 0 Å². The van der Waals surface area contributed by atoms with Crippen LogP contribution in [0.1, 0.15) is 34.3 Å². The van der Waals surface area contributed by atoms with Crippen molar-refractivity contribution >= 4 is 28.9 Å². The van der Waals surface area contributed by atoms with E-state index in [1.165, 1.54) is 22.3 Å². The molecule has 2 aliphatic heterocycles. The Balaban J connectivity index is 1.29. The number of amides is 1. The van der Waals surface area contributed by atoms with E-state index < -0.39 is 0 Å². The van der Waals surface area contributed by atoms with Crippen LogP contribution in [0.3, 0.4) is 0 Å². The molecule has 3 aromatic rings. The van der Waals surface area contributed by atoms with E-state index in [0.717, 1.165) is 70.6 Å². The number of benzene rings is 3. The zero-order chi connectivity index (χ0) is 25.6. The lowest BCUT2D eigenvalue weighted by Gasteiger charge is -2.32. The minimum Gasteiger partial charge on any atom is -0.318 e. The molecule has 1 N–H and O–H groups in total. The van der Waals surface area contributed by atoms with Gasteiger partial charge in [-0.3, -0.25) is 10.1 Å². The van der Waals surface area contributed by atoms with E-state index in [0.29, 0.717) is 10.7 Å². The number of anilines is 1. The number of piperazine rings is 1. The molecule has 1 amide bonds. The molecule has 2 heterocycles. The molecule has 5 nitrogen and oxygen atoms in total. The van der Waals surface area contributed by atoms with Gasteiger partial charge in [-0.25, -0.2) is 0 Å². The van der Waals surface area contributed by atoms with Gasteiger partial charge in [0, 0.05) is 50.5 Å². The number of likely N-dealkylation sites (N-methyl/N-ethyl adjacent to an activating group) is 1. The summed E-state index contributed by atoms with van der Waals surface area (Å²) in [6, 6.07) is 24.9. The molecule has 6 heteroatoms. The highest BCUT2D eigenvalue weighted by atomic mass is 32.1. The normalized spacial score (nSPS) is 16.6. The van der Waals surface area contributed by atoms with Crippen LogP contribution in [0.4, 0.5) is 5.69 Å². The van der Waals surface area contributed by atoms with Gasteiger partial charge in [-0.05, 0) is 85.4 Å². The Morgan fingerprint density at radius 3 is 2.35 bits per heavy atom. The van der Waals surface area contributed by atoms with Crippen molar-refractivity contribution in [2.75, 3.05) is 51.2 Å². The highest BCUT2D eigenvalue weighted by Gasteiger charge is 2.21. The third-order valence-electron chi connectivity index (χ3n) is 7.56. The van der Waals surface area contributed by atoms with Gasteiger partial charge in [-0.2, -0.15) is 0 Å². The predicted molar refractivity (Wildman–Crippen MR) is 156 cm³/mol. The molecule has 0 aromatic heterocycles. The Morgan fingerprint density at radius 2 is 1.59 bits per heavy atom. The maximum Gasteiger partial charge on any atom is 0.257 e. The molecule has 0 aliphatic carbocycles. The van der Waals surface area contributed by atoms with Gasteiger partial charge in [0.25, 0.3) is 5.91 Å². The van der Waals surface area contributed by atoms with E-state index in [-0.39, 0.29) is 5.91 Å². The van der Waals surface area contributed by atoms with E-state index in [2.05, 4.69) is 69.5 Å². The van der Waals surface area contributed by atoms with Crippen molar-refractivity contribution in [3.63, 3.8) is 0 Å². The minimum absolute atomic E-state index is 0.167. The summed E-state index contributed by atoms with van der Waals surface area (Å²) in [7, 11) is 2.20. The SMILES string of the molecule is CN1CCN(CCc2ccc(-c3ccc4c(c3)N(C(=S)NC(=O)c3ccccc3)CCCC4)cc2)CC1. The topological polar surface area (TPSA) is 38.8 Å². The molecule has 192 valence electrons. The lowest BCUT2D eigenvalue weighted by atomic mass is 9.99. The van der Waals surface area contributed by atoms with E-state index in [9.17, 15) is 4.79 Å². The molecular formula is C31H36N4OS. The Hall–Kier alpha value is -3.06. The van der Waals surface area contributed by atoms with Crippen LogP contribution in [0.5, 0.6) is 0 Å². The third-order valence-corrected chi connectivity index (χ3v) is 7.88. The van der Waals surface area contributed by atoms with Crippen LogP contribution in [0.15, 0.2) is 72.8 Å². The second-order valence-corrected chi connectivity index (χ2v) is 10.6. The van der Waals surface area contributed by atoms with E-state index in [4.69, 9.17) is 12.2 Å². The number of nitrogens with one attached hydrogen (secondary N) is 1. The Kier molecular flexibility index (Phi) is 8.29. The zero-order valence-electron chi connectivity index (χ0n) is 21.7. The van der Waals surface area contributed by atoms with Gasteiger partial charge in [0.15, 0.2) is 5.11 Å². The number of thiocarbonyl (C=S) groups is 1. The molecule has 0 saturated carbocycles. The zero-order valence-corrected chi connectivity index (χ0v) is 22.5. The number of fused-ring (bicyclic) bond motifs is 1. The molecule has 3 aromatic carbocycles. The highest BCUT2D eigenvalue weighted by Crippen LogP contribution is 2.32. The summed E-state index contributed by atoms with van der Waals surface area (Å²) in [6.45, 7) is 6.56. The third kappa shape index (κ3) is 6.45. The molecule has 1 fully saturated rings. The quantitative estimate of drug-likeness (QED) is 0.487. The first-order chi connectivity index (χ1) is 18.1. The molecular weight excluding hydrogens is 476 g/mol. The fourth-order valence-electron chi connectivity index (χ4n) is 5.17. The summed E-state index contributed by atoms with van der Waals surface area (Å²) in [4.78, 5) is 19.8. The van der Waals surface area contributed by atoms with Crippen molar-refractivity contribution in [1.29, 1.82) is 0 Å². The lowest BCUT2D eigenvalue weighted by Crippen LogP contribution is -2.45. The van der Waals surface area contributed by atoms with Gasteiger partial charge in [0.05, 0.1) is 0 Å². The largest absolute Gasteiger partial charge is 0.318 e. The summed E-state index contributed by atoms with van der Waals surface area (Å²) in [5.41, 5.74) is 6.75. The molecule has 0 radical (unpaired) electrons. The van der Waals surface area contributed by atoms with Crippen molar-refractivity contribution in [3.8, 4) is 11.1 Å². The van der Waals surface area contributed by atoms with Crippen molar-refractivity contribution in [2.24, 2.45) is 0 Å². The fourth-order valence-corrected chi connectivity index (χ4v) is 5.45. The van der Waals surface area contributed by atoms with Crippen LogP contribution >= 0.6 is 12.2 Å². The number of carbonyl (C=O) groups is 1. The monoisotopic (exact) mass is 512 g/mol. The van der Waals surface area contributed by atoms with Gasteiger partial charge in [0.2, 0.25) is 0 Å². The second-order valence-electron chi connectivity index (χ2n) is 10.2.